The Morgan fingerprint density at radius 3 is 2.35 bits per heavy atom. The average Bonchev–Trinajstić information content (AvgIpc) is 3.19. The minimum atomic E-state index is -0.851. The minimum absolute atomic E-state index is 0.370. The summed E-state index contributed by atoms with van der Waals surface area (Å²) in [6.07, 6.45) is 5.88. The first kappa shape index (κ1) is 15.2. The van der Waals surface area contributed by atoms with Gasteiger partial charge in [-0.05, 0) is 48.8 Å². The van der Waals surface area contributed by atoms with Gasteiger partial charge in [-0.25, -0.2) is 4.79 Å². The van der Waals surface area contributed by atoms with Crippen molar-refractivity contribution in [3.63, 3.8) is 0 Å². The van der Waals surface area contributed by atoms with Gasteiger partial charge in [0.15, 0.2) is 0 Å². The van der Waals surface area contributed by atoms with Crippen LogP contribution in [0, 0.1) is 11.8 Å². The summed E-state index contributed by atoms with van der Waals surface area (Å²) < 4.78 is 0. The van der Waals surface area contributed by atoms with Crippen LogP contribution in [0.2, 0.25) is 0 Å². The molecule has 0 amide bonds. The van der Waals surface area contributed by atoms with Crippen LogP contribution >= 0.6 is 0 Å². The zero-order chi connectivity index (χ0) is 15.8. The Morgan fingerprint density at radius 1 is 1.04 bits per heavy atom. The molecule has 4 nitrogen and oxygen atoms in total. The van der Waals surface area contributed by atoms with Crippen LogP contribution < -0.4 is 0 Å². The van der Waals surface area contributed by atoms with Crippen molar-refractivity contribution in [1.29, 1.82) is 0 Å². The predicted molar refractivity (Wildman–Crippen MR) is 89.5 cm³/mol. The van der Waals surface area contributed by atoms with E-state index in [4.69, 9.17) is 5.11 Å². The van der Waals surface area contributed by atoms with E-state index in [2.05, 4.69) is 9.80 Å². The molecule has 124 valence electrons. The van der Waals surface area contributed by atoms with Crippen LogP contribution in [0.25, 0.3) is 0 Å². The van der Waals surface area contributed by atoms with Crippen LogP contribution in [0.5, 0.6) is 0 Å². The molecule has 0 spiro atoms. The van der Waals surface area contributed by atoms with Crippen LogP contribution in [-0.2, 0) is 6.54 Å². The lowest BCUT2D eigenvalue weighted by Gasteiger charge is -2.41. The van der Waals surface area contributed by atoms with Gasteiger partial charge in [0.2, 0.25) is 0 Å². The third-order valence-electron chi connectivity index (χ3n) is 6.18. The maximum Gasteiger partial charge on any atom is 0.335 e. The van der Waals surface area contributed by atoms with Gasteiger partial charge in [0.1, 0.15) is 0 Å². The van der Waals surface area contributed by atoms with Crippen molar-refractivity contribution in [1.82, 2.24) is 9.80 Å². The van der Waals surface area contributed by atoms with Gasteiger partial charge in [0.25, 0.3) is 0 Å². The number of piperazine rings is 1. The van der Waals surface area contributed by atoms with Crippen molar-refractivity contribution in [3.05, 3.63) is 35.4 Å². The van der Waals surface area contributed by atoms with Crippen LogP contribution in [-0.4, -0.2) is 53.1 Å². The molecule has 2 aliphatic carbocycles. The van der Waals surface area contributed by atoms with E-state index in [0.717, 1.165) is 37.5 Å². The maximum atomic E-state index is 10.9. The Morgan fingerprint density at radius 2 is 1.78 bits per heavy atom. The first-order valence-corrected chi connectivity index (χ1v) is 8.97. The fraction of sp³-hybridized carbons (Fsp3) is 0.632. The van der Waals surface area contributed by atoms with Gasteiger partial charge in [-0.2, -0.15) is 0 Å². The average molecular weight is 314 g/mol. The maximum absolute atomic E-state index is 10.9. The van der Waals surface area contributed by atoms with Crippen molar-refractivity contribution < 1.29 is 9.90 Å². The number of nitrogens with zero attached hydrogens (tertiary/aromatic N) is 2. The quantitative estimate of drug-likeness (QED) is 0.928. The Labute approximate surface area is 138 Å². The first-order valence-electron chi connectivity index (χ1n) is 8.97. The third kappa shape index (κ3) is 3.15. The van der Waals surface area contributed by atoms with E-state index >= 15 is 0 Å². The highest BCUT2D eigenvalue weighted by atomic mass is 16.4. The Bertz CT molecular complexity index is 563. The molecule has 1 aliphatic heterocycles. The lowest BCUT2D eigenvalue weighted by molar-refractivity contribution is 0.0679. The fourth-order valence-corrected chi connectivity index (χ4v) is 4.92. The summed E-state index contributed by atoms with van der Waals surface area (Å²) in [5.74, 6) is 1.15. The first-order chi connectivity index (χ1) is 11.2. The number of hydrogen-bond donors (Lipinski definition) is 1. The zero-order valence-electron chi connectivity index (χ0n) is 13.7. The van der Waals surface area contributed by atoms with Gasteiger partial charge in [-0.3, -0.25) is 9.80 Å². The molecule has 1 N–H and O–H groups in total. The van der Waals surface area contributed by atoms with Gasteiger partial charge < -0.3 is 5.11 Å². The summed E-state index contributed by atoms with van der Waals surface area (Å²) in [6, 6.07) is 8.19. The van der Waals surface area contributed by atoms with Crippen molar-refractivity contribution in [2.45, 2.75) is 38.3 Å². The molecule has 1 heterocycles. The van der Waals surface area contributed by atoms with Gasteiger partial charge in [-0.1, -0.05) is 18.6 Å². The highest BCUT2D eigenvalue weighted by molar-refractivity contribution is 5.87. The molecule has 3 atom stereocenters. The molecule has 4 heteroatoms. The molecule has 2 saturated carbocycles. The van der Waals surface area contributed by atoms with Crippen LogP contribution in [0.15, 0.2) is 24.3 Å². The summed E-state index contributed by atoms with van der Waals surface area (Å²) in [4.78, 5) is 16.1. The Kier molecular flexibility index (Phi) is 4.12. The Hall–Kier alpha value is -1.39. The molecule has 23 heavy (non-hydrogen) atoms. The van der Waals surface area contributed by atoms with E-state index in [1.54, 1.807) is 12.1 Å². The van der Waals surface area contributed by atoms with Crippen LogP contribution in [0.4, 0.5) is 0 Å². The fourth-order valence-electron chi connectivity index (χ4n) is 4.92. The van der Waals surface area contributed by atoms with Gasteiger partial charge in [0.05, 0.1) is 5.56 Å². The number of aromatic carboxylic acids is 1. The molecular weight excluding hydrogens is 288 g/mol. The topological polar surface area (TPSA) is 43.8 Å². The largest absolute Gasteiger partial charge is 0.478 e. The van der Waals surface area contributed by atoms with Gasteiger partial charge >= 0.3 is 5.97 Å². The summed E-state index contributed by atoms with van der Waals surface area (Å²) in [6.45, 7) is 5.59. The van der Waals surface area contributed by atoms with Crippen LogP contribution in [0.3, 0.4) is 0 Å². The standard InChI is InChI=1S/C19H26N2O2/c22-19(23)16-4-1-14(2-5-16)13-20-7-9-21(10-8-20)18-12-15-3-6-17(18)11-15/h1-2,4-5,15,17-18H,3,6-13H2,(H,22,23). The number of rotatable bonds is 4. The third-order valence-corrected chi connectivity index (χ3v) is 6.18. The molecule has 2 bridgehead atoms. The second-order valence-corrected chi connectivity index (χ2v) is 7.56. The molecule has 3 unspecified atom stereocenters. The van der Waals surface area contributed by atoms with E-state index in [1.165, 1.54) is 44.3 Å². The Balaban J connectivity index is 1.29. The lowest BCUT2D eigenvalue weighted by Crippen LogP contribution is -2.51. The zero-order valence-corrected chi connectivity index (χ0v) is 13.7. The van der Waals surface area contributed by atoms with Crippen molar-refractivity contribution in [2.24, 2.45) is 11.8 Å². The SMILES string of the molecule is O=C(O)c1ccc(CN2CCN(C3CC4CCC3C4)CC2)cc1. The molecule has 4 rings (SSSR count). The normalized spacial score (nSPS) is 31.6. The smallest absolute Gasteiger partial charge is 0.335 e. The van der Waals surface area contributed by atoms with Crippen molar-refractivity contribution in [3.8, 4) is 0 Å². The minimum Gasteiger partial charge on any atom is -0.478 e. The number of benzene rings is 1. The predicted octanol–water partition coefficient (Wildman–Crippen LogP) is 2.69. The van der Waals surface area contributed by atoms with Gasteiger partial charge in [-0.15, -0.1) is 0 Å². The van der Waals surface area contributed by atoms with E-state index in [9.17, 15) is 4.79 Å². The molecule has 0 radical (unpaired) electrons. The summed E-state index contributed by atoms with van der Waals surface area (Å²) in [7, 11) is 0. The second-order valence-electron chi connectivity index (χ2n) is 7.56. The molecular formula is C19H26N2O2. The molecule has 3 aliphatic rings. The van der Waals surface area contributed by atoms with Crippen molar-refractivity contribution >= 4 is 5.97 Å². The second kappa shape index (κ2) is 6.25. The summed E-state index contributed by atoms with van der Waals surface area (Å²) in [5, 5.41) is 8.96. The van der Waals surface area contributed by atoms with E-state index in [-0.39, 0.29) is 0 Å². The summed E-state index contributed by atoms with van der Waals surface area (Å²) in [5.41, 5.74) is 1.58. The number of carboxylic acid groups (broad SMARTS) is 1. The lowest BCUT2D eigenvalue weighted by atomic mass is 9.93. The highest BCUT2D eigenvalue weighted by Gasteiger charge is 2.42. The van der Waals surface area contributed by atoms with Crippen molar-refractivity contribution in [2.75, 3.05) is 26.2 Å². The monoisotopic (exact) mass is 314 g/mol. The van der Waals surface area contributed by atoms with Gasteiger partial charge in [0, 0.05) is 38.8 Å². The molecule has 0 aromatic heterocycles. The number of fused-ring (bicyclic) bond motifs is 2. The summed E-state index contributed by atoms with van der Waals surface area (Å²) >= 11 is 0. The van der Waals surface area contributed by atoms with E-state index in [0.29, 0.717) is 5.56 Å². The number of hydrogen-bond acceptors (Lipinski definition) is 3. The number of carbonyl (C=O) groups is 1. The molecule has 1 aromatic rings. The molecule has 1 aromatic carbocycles. The highest BCUT2D eigenvalue weighted by Crippen LogP contribution is 2.46. The number of carboxylic acids is 1. The van der Waals surface area contributed by atoms with E-state index < -0.39 is 5.97 Å². The molecule has 1 saturated heterocycles. The molecule has 3 fully saturated rings. The van der Waals surface area contributed by atoms with Crippen LogP contribution in [0.1, 0.15) is 41.6 Å². The van der Waals surface area contributed by atoms with E-state index in [1.807, 2.05) is 12.1 Å².